The van der Waals surface area contributed by atoms with Crippen LogP contribution in [0.3, 0.4) is 0 Å². The van der Waals surface area contributed by atoms with E-state index in [9.17, 15) is 0 Å². The fraction of sp³-hybridized carbons (Fsp3) is 0.700. The second-order valence-electron chi connectivity index (χ2n) is 4.49. The first-order valence-electron chi connectivity index (χ1n) is 4.97. The largest absolute Gasteiger partial charge is 0.321 e. The van der Waals surface area contributed by atoms with Crippen molar-refractivity contribution in [2.45, 2.75) is 38.1 Å². The van der Waals surface area contributed by atoms with Gasteiger partial charge >= 0.3 is 0 Å². The second-order valence-corrected chi connectivity index (χ2v) is 5.24. The van der Waals surface area contributed by atoms with Gasteiger partial charge in [-0.25, -0.2) is 0 Å². The van der Waals surface area contributed by atoms with E-state index in [0.717, 1.165) is 23.1 Å². The minimum atomic E-state index is -0.104. The highest BCUT2D eigenvalue weighted by Crippen LogP contribution is 2.48. The molecule has 1 aliphatic rings. The van der Waals surface area contributed by atoms with Crippen LogP contribution in [0.5, 0.6) is 0 Å². The average molecular weight is 258 g/mol. The molecule has 1 aliphatic carbocycles. The topological polar surface area (TPSA) is 43.8 Å². The van der Waals surface area contributed by atoms with Crippen LogP contribution in [0.25, 0.3) is 0 Å². The third kappa shape index (κ3) is 1.41. The van der Waals surface area contributed by atoms with Crippen LogP contribution in [-0.2, 0) is 12.6 Å². The molecule has 1 saturated carbocycles. The predicted octanol–water partition coefficient (Wildman–Crippen LogP) is 2.25. The molecule has 1 heterocycles. The summed E-state index contributed by atoms with van der Waals surface area (Å²) in [5.74, 6) is 0.434. The monoisotopic (exact) mass is 257 g/mol. The number of nitrogens with two attached hydrogens (primary N) is 1. The van der Waals surface area contributed by atoms with E-state index in [1.165, 1.54) is 5.56 Å². The fourth-order valence-electron chi connectivity index (χ4n) is 1.77. The summed E-state index contributed by atoms with van der Waals surface area (Å²) >= 11 is 3.57. The van der Waals surface area contributed by atoms with Crippen molar-refractivity contribution >= 4 is 15.9 Å². The third-order valence-electron chi connectivity index (χ3n) is 2.84. The lowest BCUT2D eigenvalue weighted by atomic mass is 10.00. The third-order valence-corrected chi connectivity index (χ3v) is 3.75. The Morgan fingerprint density at radius 1 is 1.50 bits per heavy atom. The van der Waals surface area contributed by atoms with Gasteiger partial charge in [-0.2, -0.15) is 5.10 Å². The lowest BCUT2D eigenvalue weighted by Crippen LogP contribution is -2.20. The number of halogens is 1. The maximum absolute atomic E-state index is 6.24. The highest BCUT2D eigenvalue weighted by atomic mass is 79.9. The van der Waals surface area contributed by atoms with Crippen molar-refractivity contribution in [3.63, 3.8) is 0 Å². The molecule has 1 fully saturated rings. The Balaban J connectivity index is 2.55. The number of aromatic nitrogens is 2. The summed E-state index contributed by atoms with van der Waals surface area (Å²) in [5.41, 5.74) is 8.49. The second kappa shape index (κ2) is 3.07. The van der Waals surface area contributed by atoms with Crippen LogP contribution in [-0.4, -0.2) is 9.78 Å². The Morgan fingerprint density at radius 2 is 2.07 bits per heavy atom. The van der Waals surface area contributed by atoms with Crippen LogP contribution in [0.4, 0.5) is 0 Å². The van der Waals surface area contributed by atoms with E-state index in [4.69, 9.17) is 5.73 Å². The molecule has 0 radical (unpaired) electrons. The molecule has 0 bridgehead atoms. The quantitative estimate of drug-likeness (QED) is 0.884. The van der Waals surface area contributed by atoms with Crippen molar-refractivity contribution in [3.8, 4) is 0 Å². The summed E-state index contributed by atoms with van der Waals surface area (Å²) in [6.07, 6.45) is 2.16. The number of rotatable bonds is 2. The molecular formula is C10H16BrN3. The summed E-state index contributed by atoms with van der Waals surface area (Å²) in [6.45, 7) is 4.31. The Morgan fingerprint density at radius 3 is 2.50 bits per heavy atom. The standard InChI is InChI=1S/C10H16BrN3/c1-6(2)8-7(10(12)4-5-10)9(11)14(3)13-8/h6H,4-5,12H2,1-3H3. The van der Waals surface area contributed by atoms with Crippen LogP contribution in [0.2, 0.25) is 0 Å². The zero-order chi connectivity index (χ0) is 10.5. The molecular weight excluding hydrogens is 242 g/mol. The fourth-order valence-corrected chi connectivity index (χ4v) is 2.45. The van der Waals surface area contributed by atoms with Gasteiger partial charge in [0.15, 0.2) is 0 Å². The van der Waals surface area contributed by atoms with Crippen LogP contribution in [0.15, 0.2) is 4.60 Å². The van der Waals surface area contributed by atoms with Crippen molar-refractivity contribution in [1.29, 1.82) is 0 Å². The van der Waals surface area contributed by atoms with E-state index in [2.05, 4.69) is 34.9 Å². The van der Waals surface area contributed by atoms with Gasteiger partial charge in [0.1, 0.15) is 4.60 Å². The first-order valence-corrected chi connectivity index (χ1v) is 5.77. The lowest BCUT2D eigenvalue weighted by Gasteiger charge is -2.11. The molecule has 0 atom stereocenters. The molecule has 3 nitrogen and oxygen atoms in total. The van der Waals surface area contributed by atoms with Gasteiger partial charge < -0.3 is 5.73 Å². The SMILES string of the molecule is CC(C)c1nn(C)c(Br)c1C1(N)CC1. The van der Waals surface area contributed by atoms with Gasteiger partial charge in [-0.1, -0.05) is 13.8 Å². The van der Waals surface area contributed by atoms with Gasteiger partial charge in [0.25, 0.3) is 0 Å². The minimum Gasteiger partial charge on any atom is -0.321 e. The molecule has 2 N–H and O–H groups in total. The predicted molar refractivity (Wildman–Crippen MR) is 60.1 cm³/mol. The number of hydrogen-bond donors (Lipinski definition) is 1. The van der Waals surface area contributed by atoms with E-state index in [0.29, 0.717) is 5.92 Å². The lowest BCUT2D eigenvalue weighted by molar-refractivity contribution is 0.693. The number of hydrogen-bond acceptors (Lipinski definition) is 2. The van der Waals surface area contributed by atoms with Crippen LogP contribution in [0.1, 0.15) is 43.9 Å². The highest BCUT2D eigenvalue weighted by molar-refractivity contribution is 9.10. The smallest absolute Gasteiger partial charge is 0.109 e. The molecule has 0 saturated heterocycles. The molecule has 0 aliphatic heterocycles. The highest BCUT2D eigenvalue weighted by Gasteiger charge is 2.45. The van der Waals surface area contributed by atoms with E-state index >= 15 is 0 Å². The molecule has 14 heavy (non-hydrogen) atoms. The van der Waals surface area contributed by atoms with Crippen molar-refractivity contribution in [2.75, 3.05) is 0 Å². The van der Waals surface area contributed by atoms with E-state index in [-0.39, 0.29) is 5.54 Å². The van der Waals surface area contributed by atoms with Gasteiger partial charge in [-0.05, 0) is 34.7 Å². The van der Waals surface area contributed by atoms with Crippen LogP contribution < -0.4 is 5.73 Å². The Labute approximate surface area is 92.8 Å². The molecule has 0 aromatic carbocycles. The maximum atomic E-state index is 6.24. The molecule has 1 aromatic rings. The summed E-state index contributed by atoms with van der Waals surface area (Å²) in [7, 11) is 1.95. The molecule has 2 rings (SSSR count). The van der Waals surface area contributed by atoms with Gasteiger partial charge in [-0.15, -0.1) is 0 Å². The summed E-state index contributed by atoms with van der Waals surface area (Å²) in [5, 5.41) is 4.51. The van der Waals surface area contributed by atoms with E-state index in [1.54, 1.807) is 0 Å². The zero-order valence-electron chi connectivity index (χ0n) is 8.84. The normalized spacial score (nSPS) is 19.0. The molecule has 0 amide bonds. The average Bonchev–Trinajstić information content (AvgIpc) is 2.74. The van der Waals surface area contributed by atoms with E-state index < -0.39 is 0 Å². The number of nitrogens with zero attached hydrogens (tertiary/aromatic N) is 2. The van der Waals surface area contributed by atoms with Gasteiger partial charge in [0.2, 0.25) is 0 Å². The summed E-state index contributed by atoms with van der Waals surface area (Å²) in [4.78, 5) is 0. The summed E-state index contributed by atoms with van der Waals surface area (Å²) in [6, 6.07) is 0. The first kappa shape index (κ1) is 10.2. The maximum Gasteiger partial charge on any atom is 0.109 e. The molecule has 0 spiro atoms. The number of aryl methyl sites for hydroxylation is 1. The Kier molecular flexibility index (Phi) is 2.23. The van der Waals surface area contributed by atoms with Gasteiger partial charge in [0.05, 0.1) is 5.69 Å². The van der Waals surface area contributed by atoms with Crippen molar-refractivity contribution in [3.05, 3.63) is 15.9 Å². The van der Waals surface area contributed by atoms with Crippen molar-refractivity contribution in [2.24, 2.45) is 12.8 Å². The first-order chi connectivity index (χ1) is 6.46. The molecule has 4 heteroatoms. The summed E-state index contributed by atoms with van der Waals surface area (Å²) < 4.78 is 2.92. The Bertz CT molecular complexity index is 364. The molecule has 0 unspecified atom stereocenters. The molecule has 1 aromatic heterocycles. The van der Waals surface area contributed by atoms with Crippen LogP contribution in [0, 0.1) is 0 Å². The van der Waals surface area contributed by atoms with Gasteiger partial charge in [-0.3, -0.25) is 4.68 Å². The van der Waals surface area contributed by atoms with Crippen molar-refractivity contribution in [1.82, 2.24) is 9.78 Å². The Hall–Kier alpha value is -0.350. The molecule has 78 valence electrons. The van der Waals surface area contributed by atoms with Crippen molar-refractivity contribution < 1.29 is 0 Å². The zero-order valence-corrected chi connectivity index (χ0v) is 10.4. The minimum absolute atomic E-state index is 0.104. The van der Waals surface area contributed by atoms with Crippen LogP contribution >= 0.6 is 15.9 Å². The van der Waals surface area contributed by atoms with E-state index in [1.807, 2.05) is 11.7 Å². The van der Waals surface area contributed by atoms with Gasteiger partial charge in [0, 0.05) is 18.2 Å².